The van der Waals surface area contributed by atoms with E-state index >= 15 is 0 Å². The minimum atomic E-state index is -3.73. The lowest BCUT2D eigenvalue weighted by molar-refractivity contribution is -0.138. The largest absolute Gasteiger partial charge is 0.496 e. The van der Waals surface area contributed by atoms with Gasteiger partial charge in [0.25, 0.3) is 5.91 Å². The molecule has 1 aromatic heterocycles. The number of primary amides is 1. The highest BCUT2D eigenvalue weighted by Crippen LogP contribution is 2.46. The van der Waals surface area contributed by atoms with Crippen molar-refractivity contribution < 1.29 is 42.1 Å². The number of carboxylic acid groups (broad SMARTS) is 1. The predicted octanol–water partition coefficient (Wildman–Crippen LogP) is 6.60. The van der Waals surface area contributed by atoms with Gasteiger partial charge in [-0.15, -0.1) is 0 Å². The van der Waals surface area contributed by atoms with Crippen molar-refractivity contribution >= 4 is 67.3 Å². The summed E-state index contributed by atoms with van der Waals surface area (Å²) in [5.41, 5.74) is 13.5. The van der Waals surface area contributed by atoms with E-state index in [-0.39, 0.29) is 41.6 Å². The standard InChI is InChI=1S/C41H47N7O9S/c1-41(2,3)24-20-31(47-58(6,53)54)37(56-5)33(21-24)48(40(43)52)32-15-16-34(28-11-8-7-10-27(28)32)57-26-17-19-44-36(23-26)46-25-13-14-29(35(22-25)55-4)38(49)45-18-9-12-30(42)39(50)51/h7-8,10-11,13-17,19-23,30,47H,9,12,18,42H2,1-6H3,(H2,43,52)(H,44,46)(H,45,49)(H,50,51)/t30-/m0/s1. The number of rotatable bonds is 16. The topological polar surface area (TPSA) is 238 Å². The third-order valence-corrected chi connectivity index (χ3v) is 9.56. The number of aromatic nitrogens is 1. The third kappa shape index (κ3) is 10.2. The number of nitrogens with zero attached hydrogens (tertiary/aromatic N) is 2. The highest BCUT2D eigenvalue weighted by Gasteiger charge is 2.28. The van der Waals surface area contributed by atoms with Gasteiger partial charge in [0.05, 0.1) is 43.1 Å². The number of carbonyl (C=O) groups excluding carboxylic acids is 2. The molecular weight excluding hydrogens is 767 g/mol. The number of sulfonamides is 1. The summed E-state index contributed by atoms with van der Waals surface area (Å²) >= 11 is 0. The van der Waals surface area contributed by atoms with E-state index in [4.69, 9.17) is 30.8 Å². The van der Waals surface area contributed by atoms with Crippen molar-refractivity contribution in [2.45, 2.75) is 45.1 Å². The molecule has 0 saturated heterocycles. The van der Waals surface area contributed by atoms with Crippen LogP contribution in [0.3, 0.4) is 0 Å². The maximum Gasteiger partial charge on any atom is 0.324 e. The minimum Gasteiger partial charge on any atom is -0.496 e. The number of nitrogens with one attached hydrogen (secondary N) is 3. The quantitative estimate of drug-likeness (QED) is 0.0579. The number of urea groups is 1. The molecule has 0 aliphatic carbocycles. The molecule has 4 aromatic carbocycles. The van der Waals surface area contributed by atoms with Crippen molar-refractivity contribution in [1.29, 1.82) is 0 Å². The summed E-state index contributed by atoms with van der Waals surface area (Å²) in [5, 5.41) is 16.1. The first-order chi connectivity index (χ1) is 27.4. The lowest BCUT2D eigenvalue weighted by Crippen LogP contribution is -2.32. The summed E-state index contributed by atoms with van der Waals surface area (Å²) in [6.07, 6.45) is 3.21. The monoisotopic (exact) mass is 813 g/mol. The van der Waals surface area contributed by atoms with Crippen LogP contribution in [0.15, 0.2) is 85.1 Å². The van der Waals surface area contributed by atoms with Crippen LogP contribution in [-0.2, 0) is 20.2 Å². The number of methoxy groups -OCH3 is 2. The van der Waals surface area contributed by atoms with Crippen molar-refractivity contribution in [2.75, 3.05) is 42.0 Å². The Balaban J connectivity index is 1.43. The summed E-state index contributed by atoms with van der Waals surface area (Å²) in [4.78, 5) is 42.9. The molecule has 5 rings (SSSR count). The van der Waals surface area contributed by atoms with Gasteiger partial charge in [-0.1, -0.05) is 45.0 Å². The van der Waals surface area contributed by atoms with Gasteiger partial charge in [-0.3, -0.25) is 19.2 Å². The molecule has 0 fully saturated rings. The number of nitrogens with two attached hydrogens (primary N) is 2. The number of fused-ring (bicyclic) bond motifs is 1. The van der Waals surface area contributed by atoms with Crippen LogP contribution in [-0.4, -0.2) is 69.5 Å². The highest BCUT2D eigenvalue weighted by molar-refractivity contribution is 7.92. The molecule has 1 heterocycles. The van der Waals surface area contributed by atoms with Crippen LogP contribution in [0, 0.1) is 0 Å². The van der Waals surface area contributed by atoms with Gasteiger partial charge in [0, 0.05) is 41.3 Å². The number of amides is 3. The second-order valence-corrected chi connectivity index (χ2v) is 16.1. The zero-order chi connectivity index (χ0) is 42.4. The average molecular weight is 814 g/mol. The number of ether oxygens (including phenoxy) is 3. The number of benzene rings is 4. The first-order valence-electron chi connectivity index (χ1n) is 18.1. The molecule has 0 aliphatic rings. The molecule has 58 heavy (non-hydrogen) atoms. The summed E-state index contributed by atoms with van der Waals surface area (Å²) in [5.74, 6) is 0.245. The van der Waals surface area contributed by atoms with Gasteiger partial charge in [-0.2, -0.15) is 0 Å². The molecule has 1 atom stereocenters. The van der Waals surface area contributed by atoms with Crippen molar-refractivity contribution in [3.05, 3.63) is 96.2 Å². The highest BCUT2D eigenvalue weighted by atomic mass is 32.2. The Morgan fingerprint density at radius 2 is 1.64 bits per heavy atom. The van der Waals surface area contributed by atoms with Gasteiger partial charge < -0.3 is 41.4 Å². The van der Waals surface area contributed by atoms with E-state index in [0.717, 1.165) is 11.8 Å². The van der Waals surface area contributed by atoms with Crippen molar-refractivity contribution in [3.8, 4) is 23.0 Å². The maximum atomic E-state index is 13.4. The summed E-state index contributed by atoms with van der Waals surface area (Å²) in [7, 11) is -0.906. The van der Waals surface area contributed by atoms with Crippen LogP contribution in [0.5, 0.6) is 23.0 Å². The van der Waals surface area contributed by atoms with Gasteiger partial charge >= 0.3 is 12.0 Å². The van der Waals surface area contributed by atoms with Crippen LogP contribution in [0.4, 0.5) is 33.4 Å². The van der Waals surface area contributed by atoms with Gasteiger partial charge in [0.2, 0.25) is 10.0 Å². The Hall–Kier alpha value is -6.59. The molecule has 306 valence electrons. The molecule has 0 radical (unpaired) electrons. The minimum absolute atomic E-state index is 0.101. The smallest absolute Gasteiger partial charge is 0.324 e. The molecule has 0 bridgehead atoms. The van der Waals surface area contributed by atoms with Gasteiger partial charge in [0.1, 0.15) is 29.1 Å². The second-order valence-electron chi connectivity index (χ2n) is 14.4. The Morgan fingerprint density at radius 3 is 2.28 bits per heavy atom. The Kier molecular flexibility index (Phi) is 13.0. The van der Waals surface area contributed by atoms with Crippen LogP contribution in [0.1, 0.15) is 49.5 Å². The lowest BCUT2D eigenvalue weighted by Gasteiger charge is -2.29. The summed E-state index contributed by atoms with van der Waals surface area (Å²) in [6, 6.07) is 20.6. The van der Waals surface area contributed by atoms with Gasteiger partial charge in [-0.05, 0) is 66.3 Å². The zero-order valence-corrected chi connectivity index (χ0v) is 33.8. The second kappa shape index (κ2) is 17.7. The SMILES string of the molecule is COc1cc(Nc2cc(Oc3ccc(N(C(N)=O)c4cc(C(C)(C)C)cc(NS(C)(=O)=O)c4OC)c4ccccc34)ccn2)ccc1C(=O)NCCC[C@H](N)C(=O)O. The Morgan fingerprint density at radius 1 is 0.914 bits per heavy atom. The van der Waals surface area contributed by atoms with Crippen LogP contribution < -0.4 is 45.9 Å². The number of carbonyl (C=O) groups is 3. The molecule has 3 amide bonds. The molecule has 16 nitrogen and oxygen atoms in total. The zero-order valence-electron chi connectivity index (χ0n) is 33.0. The molecule has 0 unspecified atom stereocenters. The normalized spacial score (nSPS) is 12.0. The molecule has 8 N–H and O–H groups in total. The lowest BCUT2D eigenvalue weighted by atomic mass is 9.86. The molecule has 5 aromatic rings. The molecule has 0 spiro atoms. The van der Waals surface area contributed by atoms with Crippen LogP contribution >= 0.6 is 0 Å². The number of anilines is 5. The van der Waals surface area contributed by atoms with Crippen molar-refractivity contribution in [2.24, 2.45) is 11.5 Å². The van der Waals surface area contributed by atoms with Crippen LogP contribution in [0.2, 0.25) is 0 Å². The van der Waals surface area contributed by atoms with Crippen LogP contribution in [0.25, 0.3) is 10.8 Å². The van der Waals surface area contributed by atoms with Gasteiger partial charge in [-0.25, -0.2) is 18.2 Å². The number of aliphatic carboxylic acids is 1. The van der Waals surface area contributed by atoms with E-state index in [1.165, 1.54) is 19.1 Å². The fourth-order valence-electron chi connectivity index (χ4n) is 6.13. The van der Waals surface area contributed by atoms with Gasteiger partial charge in [0.15, 0.2) is 5.75 Å². The molecule has 0 aliphatic heterocycles. The van der Waals surface area contributed by atoms with E-state index in [1.807, 2.05) is 45.0 Å². The fraction of sp³-hybridized carbons (Fsp3) is 0.268. The number of pyridine rings is 1. The van der Waals surface area contributed by atoms with E-state index in [2.05, 4.69) is 20.3 Å². The maximum absolute atomic E-state index is 13.4. The first-order valence-corrected chi connectivity index (χ1v) is 20.0. The molecule has 0 saturated carbocycles. The molecule has 17 heteroatoms. The summed E-state index contributed by atoms with van der Waals surface area (Å²) < 4.78 is 44.9. The first kappa shape index (κ1) is 42.6. The predicted molar refractivity (Wildman–Crippen MR) is 224 cm³/mol. The number of hydrogen-bond acceptors (Lipinski definition) is 11. The average Bonchev–Trinajstić information content (AvgIpc) is 3.16. The number of hydrogen-bond donors (Lipinski definition) is 6. The van der Waals surface area contributed by atoms with E-state index in [1.54, 1.807) is 60.8 Å². The van der Waals surface area contributed by atoms with E-state index < -0.39 is 33.5 Å². The van der Waals surface area contributed by atoms with E-state index in [0.29, 0.717) is 51.6 Å². The third-order valence-electron chi connectivity index (χ3n) is 8.97. The summed E-state index contributed by atoms with van der Waals surface area (Å²) in [6.45, 7) is 6.12. The fourth-order valence-corrected chi connectivity index (χ4v) is 6.68. The van der Waals surface area contributed by atoms with E-state index in [9.17, 15) is 22.8 Å². The Labute approximate surface area is 336 Å². The number of carboxylic acids is 1. The van der Waals surface area contributed by atoms with Crippen molar-refractivity contribution in [1.82, 2.24) is 10.3 Å². The Bertz CT molecular complexity index is 2450. The van der Waals surface area contributed by atoms with Crippen molar-refractivity contribution in [3.63, 3.8) is 0 Å². The molecular formula is C41H47N7O9S.